The lowest BCUT2D eigenvalue weighted by Gasteiger charge is -2.24. The molecule has 6 heteroatoms. The molecule has 2 heterocycles. The number of hydrogen-bond acceptors (Lipinski definition) is 4. The average molecular weight is 551 g/mol. The summed E-state index contributed by atoms with van der Waals surface area (Å²) in [5.74, 6) is 1.20. The Bertz CT molecular complexity index is 1620. The number of aromatic nitrogens is 1. The van der Waals surface area contributed by atoms with E-state index in [4.69, 9.17) is 9.47 Å². The Labute approximate surface area is 241 Å². The maximum atomic E-state index is 12.1. The minimum atomic E-state index is -0.904. The van der Waals surface area contributed by atoms with Crippen LogP contribution in [-0.2, 0) is 6.54 Å². The summed E-state index contributed by atoms with van der Waals surface area (Å²) in [6, 6.07) is 20.3. The Morgan fingerprint density at radius 3 is 2.59 bits per heavy atom. The fourth-order valence-electron chi connectivity index (χ4n) is 6.48. The minimum absolute atomic E-state index is 0.314. The predicted octanol–water partition coefficient (Wildman–Crippen LogP) is 7.56. The molecule has 2 aliphatic rings. The highest BCUT2D eigenvalue weighted by Gasteiger charge is 2.30. The summed E-state index contributed by atoms with van der Waals surface area (Å²) in [6.07, 6.45) is 8.31. The van der Waals surface area contributed by atoms with Gasteiger partial charge in [-0.3, -0.25) is 0 Å². The van der Waals surface area contributed by atoms with Gasteiger partial charge in [-0.25, -0.2) is 4.79 Å². The van der Waals surface area contributed by atoms with Crippen LogP contribution in [0.25, 0.3) is 33.8 Å². The molecule has 6 nitrogen and oxygen atoms in total. The van der Waals surface area contributed by atoms with E-state index in [0.717, 1.165) is 58.7 Å². The van der Waals surface area contributed by atoms with Gasteiger partial charge < -0.3 is 24.0 Å². The Morgan fingerprint density at radius 1 is 1.00 bits per heavy atom. The van der Waals surface area contributed by atoms with Crippen LogP contribution in [0.5, 0.6) is 11.5 Å². The summed E-state index contributed by atoms with van der Waals surface area (Å²) in [6.45, 7) is 2.08. The van der Waals surface area contributed by atoms with E-state index in [1.54, 1.807) is 13.2 Å². The van der Waals surface area contributed by atoms with Gasteiger partial charge in [0.25, 0.3) is 0 Å². The lowest BCUT2D eigenvalue weighted by atomic mass is 9.81. The van der Waals surface area contributed by atoms with E-state index in [1.165, 1.54) is 35.9 Å². The summed E-state index contributed by atoms with van der Waals surface area (Å²) >= 11 is 0. The van der Waals surface area contributed by atoms with E-state index in [-0.39, 0.29) is 0 Å². The maximum Gasteiger partial charge on any atom is 0.335 e. The number of methoxy groups -OCH3 is 1. The van der Waals surface area contributed by atoms with Gasteiger partial charge in [0.2, 0.25) is 0 Å². The number of benzene rings is 3. The van der Waals surface area contributed by atoms with Crippen LogP contribution < -0.4 is 9.47 Å². The lowest BCUT2D eigenvalue weighted by molar-refractivity contribution is 0.0697. The normalized spacial score (nSPS) is 15.3. The molecule has 1 aliphatic heterocycles. The second-order valence-corrected chi connectivity index (χ2v) is 11.5. The molecule has 41 heavy (non-hydrogen) atoms. The molecule has 3 aromatic carbocycles. The molecule has 212 valence electrons. The third kappa shape index (κ3) is 5.36. The van der Waals surface area contributed by atoms with Crippen molar-refractivity contribution < 1.29 is 19.4 Å². The molecule has 1 N–H and O–H groups in total. The Morgan fingerprint density at radius 2 is 1.83 bits per heavy atom. The molecule has 0 spiro atoms. The first-order valence-corrected chi connectivity index (χ1v) is 14.6. The molecule has 1 fully saturated rings. The molecular weight excluding hydrogens is 512 g/mol. The number of ether oxygens (including phenoxy) is 2. The maximum absolute atomic E-state index is 12.1. The molecule has 0 atom stereocenters. The molecule has 0 radical (unpaired) electrons. The topological polar surface area (TPSA) is 63.9 Å². The largest absolute Gasteiger partial charge is 0.497 e. The van der Waals surface area contributed by atoms with Crippen molar-refractivity contribution in [3.63, 3.8) is 0 Å². The van der Waals surface area contributed by atoms with E-state index in [9.17, 15) is 9.90 Å². The molecule has 1 aliphatic carbocycles. The zero-order chi connectivity index (χ0) is 28.5. The highest BCUT2D eigenvalue weighted by atomic mass is 16.5. The molecule has 0 bridgehead atoms. The number of likely N-dealkylation sites (N-methyl/N-ethyl adjacent to an activating group) is 1. The second-order valence-electron chi connectivity index (χ2n) is 11.5. The van der Waals surface area contributed by atoms with E-state index in [2.05, 4.69) is 39.8 Å². The Hall–Kier alpha value is -4.03. The standard InChI is InChI=1S/C35H38N2O4/c1-36(2)16-17-41-29-11-7-10-24(19-29)27-18-26-20-28(40-3)13-15-30(26)34-33(23-8-5-4-6-9-23)31-14-12-25(35(38)39)21-32(31)37(34)22-27/h7,10-15,18-21,23H,4-6,8-9,16-17,22H2,1-3H3,(H,38,39). The number of hydrogen-bond donors (Lipinski definition) is 1. The van der Waals surface area contributed by atoms with Crippen LogP contribution in [0.4, 0.5) is 0 Å². The first-order valence-electron chi connectivity index (χ1n) is 14.6. The average Bonchev–Trinajstić information content (AvgIpc) is 3.19. The zero-order valence-corrected chi connectivity index (χ0v) is 24.2. The number of carbonyl (C=O) groups is 1. The summed E-state index contributed by atoms with van der Waals surface area (Å²) in [4.78, 5) is 14.2. The van der Waals surface area contributed by atoms with E-state index in [0.29, 0.717) is 24.6 Å². The van der Waals surface area contributed by atoms with E-state index < -0.39 is 5.97 Å². The van der Waals surface area contributed by atoms with Gasteiger partial charge in [0, 0.05) is 29.6 Å². The predicted molar refractivity (Wildman–Crippen MR) is 165 cm³/mol. The number of allylic oxidation sites excluding steroid dienone is 1. The van der Waals surface area contributed by atoms with Gasteiger partial charge in [-0.2, -0.15) is 0 Å². The van der Waals surface area contributed by atoms with Crippen molar-refractivity contribution in [2.75, 3.05) is 34.4 Å². The van der Waals surface area contributed by atoms with Gasteiger partial charge in [0.1, 0.15) is 18.1 Å². The lowest BCUT2D eigenvalue weighted by Crippen LogP contribution is -2.19. The monoisotopic (exact) mass is 550 g/mol. The fraction of sp³-hybridized carbons (Fsp3) is 0.343. The first-order chi connectivity index (χ1) is 19.9. The molecule has 6 rings (SSSR count). The SMILES string of the molecule is COc1ccc2c(c1)C=C(c1cccc(OCCN(C)C)c1)Cn1c-2c(C2CCCCC2)c2ccc(C(=O)O)cc21. The summed E-state index contributed by atoms with van der Waals surface area (Å²) in [5.41, 5.74) is 8.36. The number of carboxylic acid groups (broad SMARTS) is 1. The van der Waals surface area contributed by atoms with Crippen molar-refractivity contribution in [2.45, 2.75) is 44.6 Å². The molecular formula is C35H38N2O4. The Kier molecular flexibility index (Phi) is 7.59. The van der Waals surface area contributed by atoms with Crippen LogP contribution in [-0.4, -0.2) is 54.9 Å². The highest BCUT2D eigenvalue weighted by Crippen LogP contribution is 2.47. The number of nitrogens with zero attached hydrogens (tertiary/aromatic N) is 2. The fourth-order valence-corrected chi connectivity index (χ4v) is 6.48. The summed E-state index contributed by atoms with van der Waals surface area (Å²) in [5, 5.41) is 11.1. The van der Waals surface area contributed by atoms with E-state index >= 15 is 0 Å². The smallest absolute Gasteiger partial charge is 0.335 e. The second kappa shape index (κ2) is 11.5. The summed E-state index contributed by atoms with van der Waals surface area (Å²) in [7, 11) is 5.78. The van der Waals surface area contributed by atoms with Crippen LogP contribution in [0.3, 0.4) is 0 Å². The molecule has 0 unspecified atom stereocenters. The molecule has 1 aromatic heterocycles. The number of rotatable bonds is 8. The third-order valence-electron chi connectivity index (χ3n) is 8.55. The van der Waals surface area contributed by atoms with Gasteiger partial charge in [-0.05, 0) is 104 Å². The highest BCUT2D eigenvalue weighted by molar-refractivity contribution is 6.01. The van der Waals surface area contributed by atoms with Crippen LogP contribution in [0.2, 0.25) is 0 Å². The van der Waals surface area contributed by atoms with Crippen LogP contribution in [0, 0.1) is 0 Å². The summed E-state index contributed by atoms with van der Waals surface area (Å²) < 4.78 is 14.1. The van der Waals surface area contributed by atoms with Crippen LogP contribution >= 0.6 is 0 Å². The van der Waals surface area contributed by atoms with Crippen molar-refractivity contribution in [3.05, 3.63) is 82.9 Å². The van der Waals surface area contributed by atoms with Crippen LogP contribution in [0.15, 0.2) is 60.7 Å². The minimum Gasteiger partial charge on any atom is -0.497 e. The quantitative estimate of drug-likeness (QED) is 0.245. The molecule has 0 amide bonds. The Balaban J connectivity index is 1.56. The third-order valence-corrected chi connectivity index (χ3v) is 8.55. The van der Waals surface area contributed by atoms with Crippen molar-refractivity contribution in [3.8, 4) is 22.8 Å². The molecule has 1 saturated carbocycles. The molecule has 4 aromatic rings. The van der Waals surface area contributed by atoms with Gasteiger partial charge in [0.15, 0.2) is 0 Å². The molecule has 0 saturated heterocycles. The van der Waals surface area contributed by atoms with Gasteiger partial charge in [0.05, 0.1) is 18.4 Å². The van der Waals surface area contributed by atoms with Crippen molar-refractivity contribution in [2.24, 2.45) is 0 Å². The number of fused-ring (bicyclic) bond motifs is 5. The zero-order valence-electron chi connectivity index (χ0n) is 24.2. The van der Waals surface area contributed by atoms with E-state index in [1.807, 2.05) is 44.4 Å². The van der Waals surface area contributed by atoms with Crippen molar-refractivity contribution in [1.29, 1.82) is 0 Å². The number of aromatic carboxylic acids is 1. The van der Waals surface area contributed by atoms with Gasteiger partial charge >= 0.3 is 5.97 Å². The number of carboxylic acids is 1. The van der Waals surface area contributed by atoms with Crippen LogP contribution in [0.1, 0.15) is 65.1 Å². The van der Waals surface area contributed by atoms with Crippen molar-refractivity contribution >= 4 is 28.5 Å². The first kappa shape index (κ1) is 27.2. The van der Waals surface area contributed by atoms with Gasteiger partial charge in [-0.1, -0.05) is 37.5 Å². The van der Waals surface area contributed by atoms with Gasteiger partial charge in [-0.15, -0.1) is 0 Å². The van der Waals surface area contributed by atoms with Crippen molar-refractivity contribution in [1.82, 2.24) is 9.47 Å².